The minimum atomic E-state index is 0.148. The fraction of sp³-hybridized carbons (Fsp3) is 0.500. The fourth-order valence-corrected chi connectivity index (χ4v) is 1.85. The lowest BCUT2D eigenvalue weighted by molar-refractivity contribution is -0.121. The molecule has 0 atom stereocenters. The van der Waals surface area contributed by atoms with Gasteiger partial charge in [-0.25, -0.2) is 0 Å². The number of methoxy groups -OCH3 is 1. The van der Waals surface area contributed by atoms with Gasteiger partial charge in [-0.3, -0.25) is 4.79 Å². The van der Waals surface area contributed by atoms with Crippen molar-refractivity contribution < 1.29 is 9.53 Å². The third kappa shape index (κ3) is 4.69. The summed E-state index contributed by atoms with van der Waals surface area (Å²) in [5.41, 5.74) is 7.34. The molecule has 1 aromatic carbocycles. The Hall–Kier alpha value is -1.91. The molecule has 104 valence electrons. The molecule has 1 fully saturated rings. The van der Waals surface area contributed by atoms with Gasteiger partial charge in [0.2, 0.25) is 5.91 Å². The molecule has 1 aromatic rings. The quantitative estimate of drug-likeness (QED) is 0.517. The monoisotopic (exact) mass is 263 g/mol. The number of rotatable bonds is 7. The average Bonchev–Trinajstić information content (AvgIpc) is 3.18. The summed E-state index contributed by atoms with van der Waals surface area (Å²) in [5.74, 6) is 0.878. The zero-order valence-electron chi connectivity index (χ0n) is 11.2. The molecule has 1 amide bonds. The van der Waals surface area contributed by atoms with Crippen LogP contribution in [0.2, 0.25) is 0 Å². The summed E-state index contributed by atoms with van der Waals surface area (Å²) < 4.78 is 5.15. The van der Waals surface area contributed by atoms with E-state index < -0.39 is 0 Å². The first-order chi connectivity index (χ1) is 9.17. The van der Waals surface area contributed by atoms with Gasteiger partial charge in [-0.05, 0) is 25.3 Å². The summed E-state index contributed by atoms with van der Waals surface area (Å²) in [5, 5.41) is 6.22. The zero-order valence-corrected chi connectivity index (χ0v) is 11.2. The van der Waals surface area contributed by atoms with E-state index in [1.54, 1.807) is 13.2 Å². The lowest BCUT2D eigenvalue weighted by Gasteiger charge is -2.09. The highest BCUT2D eigenvalue weighted by atomic mass is 16.5. The smallest absolute Gasteiger partial charge is 0.220 e. The number of carbonyl (C=O) groups excluding carboxylic acids is 1. The Labute approximate surface area is 113 Å². The van der Waals surface area contributed by atoms with Crippen LogP contribution in [0, 0.1) is 0 Å². The van der Waals surface area contributed by atoms with E-state index in [9.17, 15) is 4.79 Å². The number of amides is 1. The Morgan fingerprint density at radius 1 is 1.42 bits per heavy atom. The molecule has 19 heavy (non-hydrogen) atoms. The van der Waals surface area contributed by atoms with Crippen molar-refractivity contribution in [1.82, 2.24) is 5.32 Å². The zero-order chi connectivity index (χ0) is 13.7. The molecular weight excluding hydrogens is 242 g/mol. The summed E-state index contributed by atoms with van der Waals surface area (Å²) in [6.07, 6.45) is 3.62. The molecule has 0 bridgehead atoms. The average molecular weight is 263 g/mol. The van der Waals surface area contributed by atoms with Crippen molar-refractivity contribution in [1.29, 1.82) is 0 Å². The molecular formula is C14H21N3O2. The van der Waals surface area contributed by atoms with Gasteiger partial charge in [0.1, 0.15) is 5.75 Å². The summed E-state index contributed by atoms with van der Waals surface area (Å²) in [7, 11) is 1.61. The number of nitrogen functional groups attached to an aromatic ring is 1. The first-order valence-corrected chi connectivity index (χ1v) is 6.65. The highest BCUT2D eigenvalue weighted by Crippen LogP contribution is 2.22. The lowest BCUT2D eigenvalue weighted by Crippen LogP contribution is -2.25. The van der Waals surface area contributed by atoms with E-state index in [1.807, 2.05) is 12.1 Å². The van der Waals surface area contributed by atoms with Crippen LogP contribution >= 0.6 is 0 Å². The second-order valence-corrected chi connectivity index (χ2v) is 4.87. The molecule has 5 heteroatoms. The Kier molecular flexibility index (Phi) is 4.49. The molecule has 0 aliphatic heterocycles. The number of anilines is 2. The van der Waals surface area contributed by atoms with Crippen LogP contribution in [0.1, 0.15) is 25.7 Å². The maximum atomic E-state index is 11.5. The molecule has 0 spiro atoms. The first kappa shape index (κ1) is 13.5. The SMILES string of the molecule is COc1cc(N)cc(NCCCC(=O)NC2CC2)c1. The maximum absolute atomic E-state index is 11.5. The number of nitrogens with one attached hydrogen (secondary N) is 2. The standard InChI is InChI=1S/C14H21N3O2/c1-19-13-8-10(15)7-12(9-13)16-6-2-3-14(18)17-11-4-5-11/h7-9,11,16H,2-6,15H2,1H3,(H,17,18). The number of carbonyl (C=O) groups is 1. The molecule has 0 heterocycles. The van der Waals surface area contributed by atoms with E-state index in [0.717, 1.165) is 37.2 Å². The van der Waals surface area contributed by atoms with Crippen molar-refractivity contribution in [2.24, 2.45) is 0 Å². The minimum absolute atomic E-state index is 0.148. The molecule has 0 unspecified atom stereocenters. The minimum Gasteiger partial charge on any atom is -0.497 e. The van der Waals surface area contributed by atoms with Crippen LogP contribution in [0.15, 0.2) is 18.2 Å². The predicted molar refractivity (Wildman–Crippen MR) is 76.3 cm³/mol. The number of hydrogen-bond donors (Lipinski definition) is 3. The molecule has 4 N–H and O–H groups in total. The highest BCUT2D eigenvalue weighted by molar-refractivity contribution is 5.76. The second-order valence-electron chi connectivity index (χ2n) is 4.87. The van der Waals surface area contributed by atoms with Gasteiger partial charge in [-0.2, -0.15) is 0 Å². The summed E-state index contributed by atoms with van der Waals surface area (Å²) in [6, 6.07) is 5.96. The van der Waals surface area contributed by atoms with Crippen LogP contribution in [0.25, 0.3) is 0 Å². The molecule has 0 aromatic heterocycles. The molecule has 0 radical (unpaired) electrons. The summed E-state index contributed by atoms with van der Waals surface area (Å²) in [6.45, 7) is 0.741. The van der Waals surface area contributed by atoms with Crippen LogP contribution in [0.4, 0.5) is 11.4 Å². The van der Waals surface area contributed by atoms with Crippen LogP contribution in [-0.2, 0) is 4.79 Å². The van der Waals surface area contributed by atoms with Crippen molar-refractivity contribution in [2.75, 3.05) is 24.7 Å². The summed E-state index contributed by atoms with van der Waals surface area (Å²) >= 11 is 0. The third-order valence-corrected chi connectivity index (χ3v) is 3.02. The van der Waals surface area contributed by atoms with Gasteiger partial charge in [0, 0.05) is 42.5 Å². The van der Waals surface area contributed by atoms with Gasteiger partial charge >= 0.3 is 0 Å². The summed E-state index contributed by atoms with van der Waals surface area (Å²) in [4.78, 5) is 11.5. The van der Waals surface area contributed by atoms with E-state index >= 15 is 0 Å². The molecule has 1 aliphatic rings. The van der Waals surface area contributed by atoms with E-state index in [0.29, 0.717) is 18.2 Å². The number of ether oxygens (including phenoxy) is 1. The predicted octanol–water partition coefficient (Wildman–Crippen LogP) is 1.75. The molecule has 2 rings (SSSR count). The molecule has 1 aliphatic carbocycles. The number of benzene rings is 1. The number of hydrogen-bond acceptors (Lipinski definition) is 4. The van der Waals surface area contributed by atoms with Gasteiger partial charge in [-0.15, -0.1) is 0 Å². The molecule has 5 nitrogen and oxygen atoms in total. The van der Waals surface area contributed by atoms with Crippen molar-refractivity contribution >= 4 is 17.3 Å². The first-order valence-electron chi connectivity index (χ1n) is 6.65. The van der Waals surface area contributed by atoms with Gasteiger partial charge in [0.25, 0.3) is 0 Å². The largest absolute Gasteiger partial charge is 0.497 e. The van der Waals surface area contributed by atoms with Crippen LogP contribution in [0.3, 0.4) is 0 Å². The topological polar surface area (TPSA) is 76.4 Å². The normalized spacial score (nSPS) is 13.9. The lowest BCUT2D eigenvalue weighted by atomic mass is 10.2. The highest BCUT2D eigenvalue weighted by Gasteiger charge is 2.22. The third-order valence-electron chi connectivity index (χ3n) is 3.02. The number of nitrogens with two attached hydrogens (primary N) is 1. The maximum Gasteiger partial charge on any atom is 0.220 e. The van der Waals surface area contributed by atoms with Gasteiger partial charge in [0.05, 0.1) is 7.11 Å². The van der Waals surface area contributed by atoms with E-state index in [4.69, 9.17) is 10.5 Å². The van der Waals surface area contributed by atoms with Crippen LogP contribution in [-0.4, -0.2) is 25.6 Å². The van der Waals surface area contributed by atoms with Crippen LogP contribution in [0.5, 0.6) is 5.75 Å². The van der Waals surface area contributed by atoms with Crippen molar-refractivity contribution in [3.8, 4) is 5.75 Å². The molecule has 1 saturated carbocycles. The van der Waals surface area contributed by atoms with E-state index in [1.165, 1.54) is 0 Å². The van der Waals surface area contributed by atoms with Crippen molar-refractivity contribution in [3.05, 3.63) is 18.2 Å². The van der Waals surface area contributed by atoms with Gasteiger partial charge in [-0.1, -0.05) is 0 Å². The van der Waals surface area contributed by atoms with E-state index in [-0.39, 0.29) is 5.91 Å². The van der Waals surface area contributed by atoms with Crippen LogP contribution < -0.4 is 21.1 Å². The molecule has 0 saturated heterocycles. The fourth-order valence-electron chi connectivity index (χ4n) is 1.85. The Morgan fingerprint density at radius 3 is 2.89 bits per heavy atom. The second kappa shape index (κ2) is 6.31. The van der Waals surface area contributed by atoms with Crippen molar-refractivity contribution in [3.63, 3.8) is 0 Å². The Bertz CT molecular complexity index is 444. The van der Waals surface area contributed by atoms with Crippen molar-refractivity contribution in [2.45, 2.75) is 31.7 Å². The van der Waals surface area contributed by atoms with Gasteiger partial charge < -0.3 is 21.1 Å². The Morgan fingerprint density at radius 2 is 2.21 bits per heavy atom. The van der Waals surface area contributed by atoms with Gasteiger partial charge in [0.15, 0.2) is 0 Å². The Balaban J connectivity index is 1.69. The van der Waals surface area contributed by atoms with E-state index in [2.05, 4.69) is 10.6 Å².